The first-order valence-corrected chi connectivity index (χ1v) is 6.18. The maximum absolute atomic E-state index is 11.8. The number of aliphatic hydroxyl groups excluding tert-OH is 1. The molecule has 0 aliphatic carbocycles. The topological polar surface area (TPSA) is 116 Å². The highest BCUT2D eigenvalue weighted by Crippen LogP contribution is 2.31. The standard InChI is InChI=1S/C14H8O8/c15-3-4-20-10-9(13(18)22-14(10)19)6-1-2-7-8(5-6)12(17)21-11(7)16/h1-2,5,15H,3-4H2. The van der Waals surface area contributed by atoms with E-state index in [-0.39, 0.29) is 41.2 Å². The monoisotopic (exact) mass is 304 g/mol. The van der Waals surface area contributed by atoms with Crippen LogP contribution in [0.2, 0.25) is 0 Å². The first kappa shape index (κ1) is 14.0. The minimum Gasteiger partial charge on any atom is -0.483 e. The number of ether oxygens (including phenoxy) is 3. The Morgan fingerprint density at radius 2 is 1.59 bits per heavy atom. The van der Waals surface area contributed by atoms with Crippen LogP contribution in [-0.4, -0.2) is 42.2 Å². The number of esters is 4. The molecule has 112 valence electrons. The van der Waals surface area contributed by atoms with E-state index in [0.29, 0.717) is 0 Å². The number of cyclic esters (lactones) is 4. The molecule has 0 fully saturated rings. The van der Waals surface area contributed by atoms with Crippen molar-refractivity contribution >= 4 is 29.5 Å². The van der Waals surface area contributed by atoms with E-state index in [2.05, 4.69) is 9.47 Å². The highest BCUT2D eigenvalue weighted by Gasteiger charge is 2.37. The Balaban J connectivity index is 2.09. The second kappa shape index (κ2) is 5.08. The molecule has 0 bridgehead atoms. The molecule has 0 unspecified atom stereocenters. The Morgan fingerprint density at radius 3 is 2.32 bits per heavy atom. The average molecular weight is 304 g/mol. The van der Waals surface area contributed by atoms with E-state index in [0.717, 1.165) is 0 Å². The third-order valence-corrected chi connectivity index (χ3v) is 3.07. The smallest absolute Gasteiger partial charge is 0.382 e. The fourth-order valence-corrected chi connectivity index (χ4v) is 2.14. The van der Waals surface area contributed by atoms with E-state index in [1.165, 1.54) is 18.2 Å². The first-order chi connectivity index (χ1) is 10.5. The summed E-state index contributed by atoms with van der Waals surface area (Å²) in [5.74, 6) is -3.87. The minimum absolute atomic E-state index is 0.0105. The van der Waals surface area contributed by atoms with Crippen molar-refractivity contribution in [2.24, 2.45) is 0 Å². The van der Waals surface area contributed by atoms with Crippen molar-refractivity contribution in [2.75, 3.05) is 13.2 Å². The summed E-state index contributed by atoms with van der Waals surface area (Å²) in [7, 11) is 0. The largest absolute Gasteiger partial charge is 0.483 e. The van der Waals surface area contributed by atoms with Crippen LogP contribution in [0.25, 0.3) is 5.57 Å². The maximum atomic E-state index is 11.8. The Morgan fingerprint density at radius 1 is 0.909 bits per heavy atom. The molecule has 0 aromatic heterocycles. The van der Waals surface area contributed by atoms with Gasteiger partial charge in [-0.15, -0.1) is 0 Å². The van der Waals surface area contributed by atoms with Crippen LogP contribution in [0.1, 0.15) is 26.3 Å². The number of benzene rings is 1. The summed E-state index contributed by atoms with van der Waals surface area (Å²) < 4.78 is 13.9. The lowest BCUT2D eigenvalue weighted by Crippen LogP contribution is -2.07. The molecule has 0 spiro atoms. The van der Waals surface area contributed by atoms with Crippen LogP contribution in [0, 0.1) is 0 Å². The first-order valence-electron chi connectivity index (χ1n) is 6.18. The molecule has 3 rings (SSSR count). The molecule has 22 heavy (non-hydrogen) atoms. The summed E-state index contributed by atoms with van der Waals surface area (Å²) >= 11 is 0. The minimum atomic E-state index is -0.979. The van der Waals surface area contributed by atoms with Crippen molar-refractivity contribution in [3.63, 3.8) is 0 Å². The highest BCUT2D eigenvalue weighted by atomic mass is 16.6. The van der Waals surface area contributed by atoms with Crippen molar-refractivity contribution in [3.8, 4) is 0 Å². The number of rotatable bonds is 4. The van der Waals surface area contributed by atoms with E-state index in [9.17, 15) is 19.2 Å². The molecule has 1 aromatic rings. The number of aliphatic hydroxyl groups is 1. The molecule has 0 amide bonds. The third kappa shape index (κ3) is 2.06. The van der Waals surface area contributed by atoms with Crippen molar-refractivity contribution < 1.29 is 38.5 Å². The van der Waals surface area contributed by atoms with E-state index < -0.39 is 23.9 Å². The molecule has 8 nitrogen and oxygen atoms in total. The van der Waals surface area contributed by atoms with Crippen LogP contribution < -0.4 is 0 Å². The Bertz CT molecular complexity index is 758. The van der Waals surface area contributed by atoms with Gasteiger partial charge in [-0.25, -0.2) is 19.2 Å². The summed E-state index contributed by atoms with van der Waals surface area (Å²) in [5.41, 5.74) is 0.0658. The van der Waals surface area contributed by atoms with Gasteiger partial charge in [0.1, 0.15) is 12.2 Å². The maximum Gasteiger partial charge on any atom is 0.382 e. The van der Waals surface area contributed by atoms with Crippen LogP contribution in [0.4, 0.5) is 0 Å². The van der Waals surface area contributed by atoms with Crippen molar-refractivity contribution in [2.45, 2.75) is 0 Å². The third-order valence-electron chi connectivity index (χ3n) is 3.07. The lowest BCUT2D eigenvalue weighted by molar-refractivity contribution is -0.152. The molecule has 1 N–H and O–H groups in total. The molecule has 0 atom stereocenters. The summed E-state index contributed by atoms with van der Waals surface area (Å²) in [6.07, 6.45) is 0. The zero-order valence-corrected chi connectivity index (χ0v) is 11.0. The summed E-state index contributed by atoms with van der Waals surface area (Å²) in [6, 6.07) is 3.93. The second-order valence-electron chi connectivity index (χ2n) is 4.39. The fraction of sp³-hybridized carbons (Fsp3) is 0.143. The molecular formula is C14H8O8. The number of carbonyl (C=O) groups excluding carboxylic acids is 4. The molecule has 2 aliphatic rings. The molecule has 2 heterocycles. The molecule has 1 aromatic carbocycles. The lowest BCUT2D eigenvalue weighted by Gasteiger charge is -2.05. The zero-order valence-electron chi connectivity index (χ0n) is 11.0. The second-order valence-corrected chi connectivity index (χ2v) is 4.39. The summed E-state index contributed by atoms with van der Waals surface area (Å²) in [5, 5.41) is 8.74. The summed E-state index contributed by atoms with van der Waals surface area (Å²) in [4.78, 5) is 46.3. The molecule has 2 aliphatic heterocycles. The number of carbonyl (C=O) groups is 4. The van der Waals surface area contributed by atoms with Gasteiger partial charge in [0.2, 0.25) is 5.76 Å². The van der Waals surface area contributed by atoms with Gasteiger partial charge in [-0.1, -0.05) is 6.07 Å². The van der Waals surface area contributed by atoms with Gasteiger partial charge >= 0.3 is 23.9 Å². The van der Waals surface area contributed by atoms with Gasteiger partial charge in [0, 0.05) is 0 Å². The van der Waals surface area contributed by atoms with Gasteiger partial charge in [-0.2, -0.15) is 0 Å². The predicted molar refractivity (Wildman–Crippen MR) is 67.2 cm³/mol. The van der Waals surface area contributed by atoms with Gasteiger partial charge in [0.25, 0.3) is 0 Å². The highest BCUT2D eigenvalue weighted by molar-refractivity contribution is 6.30. The van der Waals surface area contributed by atoms with Gasteiger partial charge in [0.15, 0.2) is 0 Å². The van der Waals surface area contributed by atoms with Gasteiger partial charge < -0.3 is 19.3 Å². The SMILES string of the molecule is O=C1OC(=O)C(c2ccc3c(c2)C(=O)OC3=O)=C1OCCO. The van der Waals surface area contributed by atoms with Gasteiger partial charge in [-0.05, 0) is 17.7 Å². The Labute approximate surface area is 122 Å². The zero-order chi connectivity index (χ0) is 15.9. The van der Waals surface area contributed by atoms with Crippen LogP contribution in [-0.2, 0) is 23.8 Å². The number of fused-ring (bicyclic) bond motifs is 1. The van der Waals surface area contributed by atoms with Crippen molar-refractivity contribution in [3.05, 3.63) is 40.6 Å². The van der Waals surface area contributed by atoms with E-state index in [1.54, 1.807) is 0 Å². The molecule has 0 saturated carbocycles. The molecular weight excluding hydrogens is 296 g/mol. The fourth-order valence-electron chi connectivity index (χ4n) is 2.14. The molecule has 0 saturated heterocycles. The number of hydrogen-bond donors (Lipinski definition) is 1. The van der Waals surface area contributed by atoms with Crippen LogP contribution in [0.5, 0.6) is 0 Å². The Hall–Kier alpha value is -3.00. The van der Waals surface area contributed by atoms with E-state index >= 15 is 0 Å². The normalized spacial score (nSPS) is 16.8. The van der Waals surface area contributed by atoms with Gasteiger partial charge in [0.05, 0.1) is 17.7 Å². The summed E-state index contributed by atoms with van der Waals surface area (Å²) in [6.45, 7) is -0.560. The quantitative estimate of drug-likeness (QED) is 0.600. The molecule has 8 heteroatoms. The molecule has 0 radical (unpaired) electrons. The lowest BCUT2D eigenvalue weighted by atomic mass is 10.00. The number of hydrogen-bond acceptors (Lipinski definition) is 8. The van der Waals surface area contributed by atoms with Crippen molar-refractivity contribution in [1.82, 2.24) is 0 Å². The average Bonchev–Trinajstić information content (AvgIpc) is 2.93. The van der Waals surface area contributed by atoms with Crippen LogP contribution in [0.3, 0.4) is 0 Å². The van der Waals surface area contributed by atoms with E-state index in [4.69, 9.17) is 9.84 Å². The van der Waals surface area contributed by atoms with Gasteiger partial charge in [-0.3, -0.25) is 0 Å². The van der Waals surface area contributed by atoms with Crippen LogP contribution >= 0.6 is 0 Å². The Kier molecular flexibility index (Phi) is 3.22. The van der Waals surface area contributed by atoms with E-state index in [1.807, 2.05) is 0 Å². The predicted octanol–water partition coefficient (Wildman–Crippen LogP) is -0.199. The van der Waals surface area contributed by atoms with Crippen molar-refractivity contribution in [1.29, 1.82) is 0 Å². The van der Waals surface area contributed by atoms with Crippen LogP contribution in [0.15, 0.2) is 24.0 Å².